The van der Waals surface area contributed by atoms with Gasteiger partial charge in [0.1, 0.15) is 5.82 Å². The van der Waals surface area contributed by atoms with Crippen molar-refractivity contribution >= 4 is 0 Å². The molecule has 1 N–H and O–H groups in total. The molecule has 15 heavy (non-hydrogen) atoms. The normalized spacial score (nSPS) is 26.5. The molecule has 1 nitrogen and oxygen atoms in total. The summed E-state index contributed by atoms with van der Waals surface area (Å²) in [4.78, 5) is 0. The zero-order chi connectivity index (χ0) is 10.7. The molecule has 0 spiro atoms. The molecular formula is C13H18FN. The quantitative estimate of drug-likeness (QED) is 0.786. The predicted molar refractivity (Wildman–Crippen MR) is 60.2 cm³/mol. The van der Waals surface area contributed by atoms with E-state index in [9.17, 15) is 4.39 Å². The van der Waals surface area contributed by atoms with Crippen LogP contribution in [-0.4, -0.2) is 13.1 Å². The number of piperidine rings is 1. The highest BCUT2D eigenvalue weighted by Crippen LogP contribution is 2.23. The summed E-state index contributed by atoms with van der Waals surface area (Å²) in [6, 6.07) is 7.00. The molecule has 0 aromatic heterocycles. The number of hydrogen-bond acceptors (Lipinski definition) is 1. The Labute approximate surface area is 90.7 Å². The van der Waals surface area contributed by atoms with Gasteiger partial charge in [0.25, 0.3) is 0 Å². The lowest BCUT2D eigenvalue weighted by Crippen LogP contribution is -2.35. The van der Waals surface area contributed by atoms with Gasteiger partial charge < -0.3 is 5.32 Å². The van der Waals surface area contributed by atoms with Crippen molar-refractivity contribution in [1.29, 1.82) is 0 Å². The van der Waals surface area contributed by atoms with Gasteiger partial charge in [-0.1, -0.05) is 19.1 Å². The van der Waals surface area contributed by atoms with Crippen LogP contribution in [0.2, 0.25) is 0 Å². The molecule has 2 atom stereocenters. The van der Waals surface area contributed by atoms with Crippen molar-refractivity contribution in [3.63, 3.8) is 0 Å². The third kappa shape index (κ3) is 2.78. The van der Waals surface area contributed by atoms with Crippen molar-refractivity contribution in [2.75, 3.05) is 13.1 Å². The Morgan fingerprint density at radius 3 is 3.07 bits per heavy atom. The maximum Gasteiger partial charge on any atom is 0.123 e. The van der Waals surface area contributed by atoms with E-state index in [2.05, 4.69) is 12.2 Å². The second kappa shape index (κ2) is 4.75. The van der Waals surface area contributed by atoms with E-state index in [0.717, 1.165) is 25.1 Å². The van der Waals surface area contributed by atoms with Crippen LogP contribution in [0.4, 0.5) is 4.39 Å². The summed E-state index contributed by atoms with van der Waals surface area (Å²) >= 11 is 0. The fraction of sp³-hybridized carbons (Fsp3) is 0.538. The van der Waals surface area contributed by atoms with Gasteiger partial charge >= 0.3 is 0 Å². The van der Waals surface area contributed by atoms with Crippen molar-refractivity contribution in [2.24, 2.45) is 11.8 Å². The third-order valence-electron chi connectivity index (χ3n) is 3.35. The first-order valence-electron chi connectivity index (χ1n) is 5.71. The molecule has 2 heteroatoms. The van der Waals surface area contributed by atoms with E-state index in [1.54, 1.807) is 12.1 Å². The molecule has 0 aliphatic carbocycles. The lowest BCUT2D eigenvalue weighted by atomic mass is 9.83. The van der Waals surface area contributed by atoms with Crippen LogP contribution in [0.5, 0.6) is 0 Å². The lowest BCUT2D eigenvalue weighted by Gasteiger charge is -2.29. The molecule has 0 radical (unpaired) electrons. The van der Waals surface area contributed by atoms with Crippen molar-refractivity contribution in [1.82, 2.24) is 5.32 Å². The van der Waals surface area contributed by atoms with Gasteiger partial charge in [-0.15, -0.1) is 0 Å². The molecule has 1 aliphatic rings. The topological polar surface area (TPSA) is 12.0 Å². The Morgan fingerprint density at radius 2 is 2.33 bits per heavy atom. The number of halogens is 1. The Bertz CT molecular complexity index is 324. The van der Waals surface area contributed by atoms with Crippen molar-refractivity contribution in [3.8, 4) is 0 Å². The van der Waals surface area contributed by atoms with E-state index in [4.69, 9.17) is 0 Å². The van der Waals surface area contributed by atoms with Crippen molar-refractivity contribution < 1.29 is 4.39 Å². The summed E-state index contributed by atoms with van der Waals surface area (Å²) in [6.07, 6.45) is 2.22. The predicted octanol–water partition coefficient (Wildman–Crippen LogP) is 2.61. The summed E-state index contributed by atoms with van der Waals surface area (Å²) in [5.74, 6) is 1.28. The minimum absolute atomic E-state index is 0.117. The zero-order valence-electron chi connectivity index (χ0n) is 9.17. The van der Waals surface area contributed by atoms with Crippen LogP contribution in [0.25, 0.3) is 0 Å². The lowest BCUT2D eigenvalue weighted by molar-refractivity contribution is 0.272. The molecule has 82 valence electrons. The van der Waals surface area contributed by atoms with E-state index in [1.807, 2.05) is 6.07 Å². The molecule has 1 aliphatic heterocycles. The van der Waals surface area contributed by atoms with Crippen LogP contribution in [0.15, 0.2) is 24.3 Å². The number of benzene rings is 1. The van der Waals surface area contributed by atoms with Gasteiger partial charge in [-0.05, 0) is 55.5 Å². The summed E-state index contributed by atoms with van der Waals surface area (Å²) in [5.41, 5.74) is 1.13. The molecule has 0 amide bonds. The first kappa shape index (κ1) is 10.6. The standard InChI is InChI=1S/C13H18FN/c1-10-9-15-6-5-12(10)7-11-3-2-4-13(14)8-11/h2-4,8,10,12,15H,5-7,9H2,1H3. The van der Waals surface area contributed by atoms with Gasteiger partial charge in [-0.2, -0.15) is 0 Å². The monoisotopic (exact) mass is 207 g/mol. The Hall–Kier alpha value is -0.890. The van der Waals surface area contributed by atoms with Gasteiger partial charge in [-0.25, -0.2) is 4.39 Å². The third-order valence-corrected chi connectivity index (χ3v) is 3.35. The second-order valence-corrected chi connectivity index (χ2v) is 4.56. The molecule has 1 fully saturated rings. The van der Waals surface area contributed by atoms with Crippen LogP contribution >= 0.6 is 0 Å². The molecule has 1 aromatic rings. The Balaban J connectivity index is 2.01. The second-order valence-electron chi connectivity index (χ2n) is 4.56. The largest absolute Gasteiger partial charge is 0.316 e. The molecule has 2 unspecified atom stereocenters. The van der Waals surface area contributed by atoms with E-state index in [0.29, 0.717) is 11.8 Å². The fourth-order valence-electron chi connectivity index (χ4n) is 2.34. The van der Waals surface area contributed by atoms with E-state index in [-0.39, 0.29) is 5.82 Å². The summed E-state index contributed by atoms with van der Waals surface area (Å²) < 4.78 is 13.0. The average Bonchev–Trinajstić information content (AvgIpc) is 2.22. The van der Waals surface area contributed by atoms with Crippen LogP contribution in [0.3, 0.4) is 0 Å². The fourth-order valence-corrected chi connectivity index (χ4v) is 2.34. The number of nitrogens with one attached hydrogen (secondary N) is 1. The van der Waals surface area contributed by atoms with Crippen molar-refractivity contribution in [2.45, 2.75) is 19.8 Å². The number of rotatable bonds is 2. The highest BCUT2D eigenvalue weighted by molar-refractivity contribution is 5.17. The van der Waals surface area contributed by atoms with Gasteiger partial charge in [0.15, 0.2) is 0 Å². The highest BCUT2D eigenvalue weighted by atomic mass is 19.1. The molecule has 1 aromatic carbocycles. The van der Waals surface area contributed by atoms with Gasteiger partial charge in [0, 0.05) is 0 Å². The maximum absolute atomic E-state index is 13.0. The smallest absolute Gasteiger partial charge is 0.123 e. The molecule has 2 rings (SSSR count). The minimum atomic E-state index is -0.117. The highest BCUT2D eigenvalue weighted by Gasteiger charge is 2.20. The van der Waals surface area contributed by atoms with Gasteiger partial charge in [0.2, 0.25) is 0 Å². The van der Waals surface area contributed by atoms with Gasteiger partial charge in [-0.3, -0.25) is 0 Å². The molecule has 1 heterocycles. The molecule has 1 saturated heterocycles. The minimum Gasteiger partial charge on any atom is -0.316 e. The van der Waals surface area contributed by atoms with Crippen LogP contribution in [-0.2, 0) is 6.42 Å². The van der Waals surface area contributed by atoms with Crippen LogP contribution in [0.1, 0.15) is 18.9 Å². The number of hydrogen-bond donors (Lipinski definition) is 1. The maximum atomic E-state index is 13.0. The van der Waals surface area contributed by atoms with E-state index < -0.39 is 0 Å². The summed E-state index contributed by atoms with van der Waals surface area (Å²) in [5, 5.41) is 3.39. The van der Waals surface area contributed by atoms with Gasteiger partial charge in [0.05, 0.1) is 0 Å². The first-order chi connectivity index (χ1) is 7.25. The average molecular weight is 207 g/mol. The van der Waals surface area contributed by atoms with E-state index >= 15 is 0 Å². The first-order valence-corrected chi connectivity index (χ1v) is 5.71. The molecule has 0 saturated carbocycles. The Morgan fingerprint density at radius 1 is 1.47 bits per heavy atom. The van der Waals surface area contributed by atoms with E-state index in [1.165, 1.54) is 12.5 Å². The molecule has 0 bridgehead atoms. The SMILES string of the molecule is CC1CNCCC1Cc1cccc(F)c1. The van der Waals surface area contributed by atoms with Crippen molar-refractivity contribution in [3.05, 3.63) is 35.6 Å². The summed E-state index contributed by atoms with van der Waals surface area (Å²) in [6.45, 7) is 4.47. The summed E-state index contributed by atoms with van der Waals surface area (Å²) in [7, 11) is 0. The van der Waals surface area contributed by atoms with Crippen LogP contribution < -0.4 is 5.32 Å². The molecular weight excluding hydrogens is 189 g/mol. The van der Waals surface area contributed by atoms with Crippen LogP contribution in [0, 0.1) is 17.7 Å². The Kier molecular flexibility index (Phi) is 3.37. The zero-order valence-corrected chi connectivity index (χ0v) is 9.17.